The number of aryl methyl sites for hydroxylation is 1. The zero-order valence-electron chi connectivity index (χ0n) is 17.5. The number of aromatic nitrogens is 1. The molecule has 1 N–H and O–H groups in total. The van der Waals surface area contributed by atoms with E-state index in [4.69, 9.17) is 26.0 Å². The van der Waals surface area contributed by atoms with Crippen molar-refractivity contribution in [2.75, 3.05) is 0 Å². The normalized spacial score (nSPS) is 11.3. The van der Waals surface area contributed by atoms with Crippen LogP contribution >= 0.6 is 11.6 Å². The highest BCUT2D eigenvalue weighted by Gasteiger charge is 2.23. The van der Waals surface area contributed by atoms with E-state index in [1.165, 1.54) is 0 Å². The predicted molar refractivity (Wildman–Crippen MR) is 121 cm³/mol. The van der Waals surface area contributed by atoms with Crippen molar-refractivity contribution in [3.63, 3.8) is 0 Å². The summed E-state index contributed by atoms with van der Waals surface area (Å²) in [5.41, 5.74) is 3.67. The molecule has 0 radical (unpaired) electrons. The molecular weight excluding hydrogens is 414 g/mol. The summed E-state index contributed by atoms with van der Waals surface area (Å²) in [5, 5.41) is 15.8. The van der Waals surface area contributed by atoms with E-state index in [9.17, 15) is 4.79 Å². The Kier molecular flexibility index (Phi) is 5.70. The van der Waals surface area contributed by atoms with Crippen molar-refractivity contribution in [3.05, 3.63) is 82.1 Å². The third kappa shape index (κ3) is 4.14. The van der Waals surface area contributed by atoms with E-state index in [-0.39, 0.29) is 18.1 Å². The monoisotopic (exact) mass is 435 g/mol. The van der Waals surface area contributed by atoms with Gasteiger partial charge in [-0.3, -0.25) is 0 Å². The molecule has 0 fully saturated rings. The Hall–Kier alpha value is -3.31. The van der Waals surface area contributed by atoms with E-state index in [2.05, 4.69) is 5.16 Å². The number of ether oxygens (including phenoxy) is 1. The van der Waals surface area contributed by atoms with Crippen molar-refractivity contribution in [1.82, 2.24) is 5.16 Å². The maximum atomic E-state index is 11.2. The molecule has 5 nitrogen and oxygen atoms in total. The second kappa shape index (κ2) is 8.44. The molecule has 0 unspecified atom stereocenters. The van der Waals surface area contributed by atoms with Gasteiger partial charge in [-0.1, -0.05) is 54.9 Å². The van der Waals surface area contributed by atoms with E-state index < -0.39 is 5.97 Å². The van der Waals surface area contributed by atoms with Gasteiger partial charge in [0, 0.05) is 11.5 Å². The van der Waals surface area contributed by atoms with Crippen molar-refractivity contribution in [2.24, 2.45) is 0 Å². The largest absolute Gasteiger partial charge is 0.489 e. The molecule has 0 spiro atoms. The second-order valence-corrected chi connectivity index (χ2v) is 8.19. The fourth-order valence-electron chi connectivity index (χ4n) is 3.65. The van der Waals surface area contributed by atoms with Crippen molar-refractivity contribution in [1.29, 1.82) is 0 Å². The number of benzene rings is 3. The topological polar surface area (TPSA) is 72.6 Å². The van der Waals surface area contributed by atoms with E-state index in [1.807, 2.05) is 57.2 Å². The van der Waals surface area contributed by atoms with Gasteiger partial charge in [-0.05, 0) is 53.6 Å². The van der Waals surface area contributed by atoms with Gasteiger partial charge in [0.2, 0.25) is 0 Å². The Bertz CT molecular complexity index is 1260. The van der Waals surface area contributed by atoms with Gasteiger partial charge in [0.15, 0.2) is 0 Å². The van der Waals surface area contributed by atoms with Crippen molar-refractivity contribution in [2.45, 2.75) is 33.3 Å². The number of halogens is 1. The molecule has 158 valence electrons. The highest BCUT2D eigenvalue weighted by molar-refractivity contribution is 6.33. The van der Waals surface area contributed by atoms with Crippen LogP contribution in [-0.2, 0) is 6.61 Å². The van der Waals surface area contributed by atoms with E-state index >= 15 is 0 Å². The Labute approximate surface area is 185 Å². The number of hydrogen-bond acceptors (Lipinski definition) is 4. The van der Waals surface area contributed by atoms with Crippen LogP contribution in [0.4, 0.5) is 0 Å². The lowest BCUT2D eigenvalue weighted by Gasteiger charge is -2.12. The van der Waals surface area contributed by atoms with E-state index in [0.29, 0.717) is 16.5 Å². The summed E-state index contributed by atoms with van der Waals surface area (Å²) in [6, 6.07) is 16.3. The van der Waals surface area contributed by atoms with Crippen LogP contribution in [0.5, 0.6) is 5.75 Å². The SMILES string of the molecule is Cc1cccc(Cl)c1-c1noc(C(C)C)c1COc1ccc2cc(C(=O)O)ccc2c1. The van der Waals surface area contributed by atoms with Gasteiger partial charge in [0.25, 0.3) is 0 Å². The maximum Gasteiger partial charge on any atom is 0.335 e. The average molecular weight is 436 g/mol. The van der Waals surface area contributed by atoms with Gasteiger partial charge in [-0.2, -0.15) is 0 Å². The van der Waals surface area contributed by atoms with Gasteiger partial charge in [0.05, 0.1) is 16.1 Å². The number of rotatable bonds is 6. The first kappa shape index (κ1) is 20.9. The zero-order chi connectivity index (χ0) is 22.1. The molecule has 6 heteroatoms. The molecule has 0 atom stereocenters. The summed E-state index contributed by atoms with van der Waals surface area (Å²) in [4.78, 5) is 11.2. The number of nitrogens with zero attached hydrogens (tertiary/aromatic N) is 1. The molecule has 0 aliphatic heterocycles. The third-order valence-corrected chi connectivity index (χ3v) is 5.56. The molecule has 1 heterocycles. The van der Waals surface area contributed by atoms with Gasteiger partial charge < -0.3 is 14.4 Å². The van der Waals surface area contributed by atoms with Crippen LogP contribution < -0.4 is 4.74 Å². The van der Waals surface area contributed by atoms with E-state index in [1.54, 1.807) is 18.2 Å². The van der Waals surface area contributed by atoms with E-state index in [0.717, 1.165) is 33.2 Å². The molecule has 0 aliphatic carbocycles. The van der Waals surface area contributed by atoms with Crippen LogP contribution in [0, 0.1) is 6.92 Å². The van der Waals surface area contributed by atoms with Crippen LogP contribution in [-0.4, -0.2) is 16.2 Å². The summed E-state index contributed by atoms with van der Waals surface area (Å²) in [5.74, 6) is 0.626. The first-order valence-electron chi connectivity index (χ1n) is 9.99. The number of carbonyl (C=O) groups is 1. The Morgan fingerprint density at radius 1 is 1.13 bits per heavy atom. The minimum Gasteiger partial charge on any atom is -0.489 e. The molecule has 3 aromatic carbocycles. The number of aromatic carboxylic acids is 1. The maximum absolute atomic E-state index is 11.2. The Balaban J connectivity index is 1.67. The second-order valence-electron chi connectivity index (χ2n) is 7.78. The summed E-state index contributed by atoms with van der Waals surface area (Å²) in [6.45, 7) is 6.35. The predicted octanol–water partition coefficient (Wildman–Crippen LogP) is 6.86. The quantitative estimate of drug-likeness (QED) is 0.358. The highest BCUT2D eigenvalue weighted by Crippen LogP contribution is 2.36. The van der Waals surface area contributed by atoms with Gasteiger partial charge in [0.1, 0.15) is 23.8 Å². The molecular formula is C25H22ClNO4. The minimum atomic E-state index is -0.946. The number of fused-ring (bicyclic) bond motifs is 1. The van der Waals surface area contributed by atoms with Gasteiger partial charge >= 0.3 is 5.97 Å². The molecule has 0 aliphatic rings. The molecule has 0 amide bonds. The summed E-state index contributed by atoms with van der Waals surface area (Å²) < 4.78 is 11.8. The number of carboxylic acid groups (broad SMARTS) is 1. The zero-order valence-corrected chi connectivity index (χ0v) is 18.2. The highest BCUT2D eigenvalue weighted by atomic mass is 35.5. The molecule has 31 heavy (non-hydrogen) atoms. The van der Waals surface area contributed by atoms with Crippen LogP contribution in [0.3, 0.4) is 0 Å². The standard InChI is InChI=1S/C25H22ClNO4/c1-14(2)24-20(23(27-31-24)22-15(3)5-4-6-21(22)26)13-30-19-10-9-16-11-18(25(28)29)8-7-17(16)12-19/h4-12,14H,13H2,1-3H3,(H,28,29). The first-order valence-corrected chi connectivity index (χ1v) is 10.4. The number of hydrogen-bond donors (Lipinski definition) is 1. The molecule has 0 saturated carbocycles. The molecule has 1 aromatic heterocycles. The molecule has 4 aromatic rings. The Morgan fingerprint density at radius 2 is 1.87 bits per heavy atom. The van der Waals surface area contributed by atoms with Gasteiger partial charge in [-0.25, -0.2) is 4.79 Å². The summed E-state index contributed by atoms with van der Waals surface area (Å²) in [7, 11) is 0. The fraction of sp³-hybridized carbons (Fsp3) is 0.200. The third-order valence-electron chi connectivity index (χ3n) is 5.24. The summed E-state index contributed by atoms with van der Waals surface area (Å²) >= 11 is 6.48. The lowest BCUT2D eigenvalue weighted by atomic mass is 9.98. The van der Waals surface area contributed by atoms with Crippen LogP contribution in [0.1, 0.15) is 47.0 Å². The number of carboxylic acids is 1. The lowest BCUT2D eigenvalue weighted by Crippen LogP contribution is -2.02. The summed E-state index contributed by atoms with van der Waals surface area (Å²) in [6.07, 6.45) is 0. The van der Waals surface area contributed by atoms with Crippen molar-refractivity contribution >= 4 is 28.3 Å². The molecule has 0 saturated heterocycles. The lowest BCUT2D eigenvalue weighted by molar-refractivity contribution is 0.0697. The van der Waals surface area contributed by atoms with Crippen molar-refractivity contribution < 1.29 is 19.2 Å². The molecule has 0 bridgehead atoms. The minimum absolute atomic E-state index is 0.133. The first-order chi connectivity index (χ1) is 14.8. The fourth-order valence-corrected chi connectivity index (χ4v) is 3.96. The van der Waals surface area contributed by atoms with Crippen LogP contribution in [0.25, 0.3) is 22.0 Å². The molecule has 4 rings (SSSR count). The van der Waals surface area contributed by atoms with Crippen molar-refractivity contribution in [3.8, 4) is 17.0 Å². The van der Waals surface area contributed by atoms with Crippen LogP contribution in [0.2, 0.25) is 5.02 Å². The van der Waals surface area contributed by atoms with Gasteiger partial charge in [-0.15, -0.1) is 0 Å². The smallest absolute Gasteiger partial charge is 0.335 e. The Morgan fingerprint density at radius 3 is 2.58 bits per heavy atom. The average Bonchev–Trinajstić information content (AvgIpc) is 3.15. The van der Waals surface area contributed by atoms with Crippen LogP contribution in [0.15, 0.2) is 59.1 Å².